The van der Waals surface area contributed by atoms with Crippen molar-refractivity contribution in [3.05, 3.63) is 0 Å². The number of rotatable bonds is 2. The largest absolute Gasteiger partial charge is 0.299 e. The molecule has 0 unspecified atom stereocenters. The van der Waals surface area contributed by atoms with Crippen molar-refractivity contribution in [2.45, 2.75) is 37.5 Å². The SMILES string of the molecule is O=C(C1CC(F)(F)C1)C1CC(F)(F)C1. The Kier molecular flexibility index (Phi) is 1.92. The van der Waals surface area contributed by atoms with Crippen molar-refractivity contribution in [2.75, 3.05) is 0 Å². The fourth-order valence-electron chi connectivity index (χ4n) is 2.06. The van der Waals surface area contributed by atoms with Crippen LogP contribution in [0.5, 0.6) is 0 Å². The van der Waals surface area contributed by atoms with Gasteiger partial charge in [0.1, 0.15) is 5.78 Å². The molecule has 0 aromatic rings. The summed E-state index contributed by atoms with van der Waals surface area (Å²) in [4.78, 5) is 11.3. The van der Waals surface area contributed by atoms with Gasteiger partial charge in [0, 0.05) is 37.5 Å². The lowest BCUT2D eigenvalue weighted by molar-refractivity contribution is -0.169. The Hall–Kier alpha value is -0.610. The summed E-state index contributed by atoms with van der Waals surface area (Å²) in [5, 5.41) is 0. The molecule has 0 radical (unpaired) electrons. The molecule has 2 saturated carbocycles. The van der Waals surface area contributed by atoms with E-state index in [0.717, 1.165) is 0 Å². The summed E-state index contributed by atoms with van der Waals surface area (Å²) in [5.74, 6) is -7.22. The van der Waals surface area contributed by atoms with Crippen molar-refractivity contribution >= 4 is 5.78 Å². The van der Waals surface area contributed by atoms with E-state index < -0.39 is 49.4 Å². The Balaban J connectivity index is 1.82. The molecule has 5 heteroatoms. The maximum atomic E-state index is 12.4. The fraction of sp³-hybridized carbons (Fsp3) is 0.889. The molecule has 0 N–H and O–H groups in total. The van der Waals surface area contributed by atoms with Crippen LogP contribution in [0.3, 0.4) is 0 Å². The number of hydrogen-bond donors (Lipinski definition) is 0. The van der Waals surface area contributed by atoms with E-state index in [1.165, 1.54) is 0 Å². The summed E-state index contributed by atoms with van der Waals surface area (Å²) in [7, 11) is 0. The minimum atomic E-state index is -2.74. The van der Waals surface area contributed by atoms with Gasteiger partial charge in [-0.3, -0.25) is 4.79 Å². The van der Waals surface area contributed by atoms with Gasteiger partial charge in [0.15, 0.2) is 0 Å². The molecule has 2 rings (SSSR count). The van der Waals surface area contributed by atoms with Crippen LogP contribution in [0, 0.1) is 11.8 Å². The Morgan fingerprint density at radius 2 is 1.14 bits per heavy atom. The number of hydrogen-bond acceptors (Lipinski definition) is 1. The number of carbonyl (C=O) groups excluding carboxylic acids is 1. The summed E-state index contributed by atoms with van der Waals surface area (Å²) in [5.41, 5.74) is 0. The number of alkyl halides is 4. The minimum absolute atomic E-state index is 0.387. The molecule has 80 valence electrons. The van der Waals surface area contributed by atoms with Gasteiger partial charge >= 0.3 is 0 Å². The second-order valence-corrected chi connectivity index (χ2v) is 4.32. The van der Waals surface area contributed by atoms with Crippen LogP contribution in [0.15, 0.2) is 0 Å². The molecule has 0 aromatic carbocycles. The lowest BCUT2D eigenvalue weighted by Gasteiger charge is -2.40. The van der Waals surface area contributed by atoms with Crippen molar-refractivity contribution in [1.82, 2.24) is 0 Å². The van der Waals surface area contributed by atoms with Gasteiger partial charge in [-0.15, -0.1) is 0 Å². The van der Waals surface area contributed by atoms with E-state index in [1.54, 1.807) is 0 Å². The van der Waals surface area contributed by atoms with Crippen molar-refractivity contribution in [1.29, 1.82) is 0 Å². The summed E-state index contributed by atoms with van der Waals surface area (Å²) >= 11 is 0. The molecule has 0 spiro atoms. The maximum absolute atomic E-state index is 12.4. The predicted molar refractivity (Wildman–Crippen MR) is 40.3 cm³/mol. The molecule has 2 aliphatic rings. The lowest BCUT2D eigenvalue weighted by Crippen LogP contribution is -2.48. The van der Waals surface area contributed by atoms with E-state index in [0.29, 0.717) is 0 Å². The topological polar surface area (TPSA) is 17.1 Å². The van der Waals surface area contributed by atoms with Crippen molar-refractivity contribution in [3.63, 3.8) is 0 Å². The Labute approximate surface area is 78.5 Å². The predicted octanol–water partition coefficient (Wildman–Crippen LogP) is 2.65. The number of halogens is 4. The fourth-order valence-corrected chi connectivity index (χ4v) is 2.06. The van der Waals surface area contributed by atoms with Crippen molar-refractivity contribution in [3.8, 4) is 0 Å². The van der Waals surface area contributed by atoms with Crippen LogP contribution in [-0.2, 0) is 4.79 Å². The summed E-state index contributed by atoms with van der Waals surface area (Å²) < 4.78 is 49.5. The summed E-state index contributed by atoms with van der Waals surface area (Å²) in [6, 6.07) is 0. The standard InChI is InChI=1S/C9H10F4O/c10-8(11)1-5(2-8)7(14)6-3-9(12,13)4-6/h5-6H,1-4H2. The van der Waals surface area contributed by atoms with Gasteiger partial charge in [-0.05, 0) is 0 Å². The van der Waals surface area contributed by atoms with Gasteiger partial charge in [0.05, 0.1) is 0 Å². The van der Waals surface area contributed by atoms with Gasteiger partial charge in [0.25, 0.3) is 0 Å². The highest BCUT2D eigenvalue weighted by atomic mass is 19.3. The zero-order valence-electron chi connectivity index (χ0n) is 7.40. The Bertz CT molecular complexity index is 232. The van der Waals surface area contributed by atoms with Gasteiger partial charge in [-0.1, -0.05) is 0 Å². The normalized spacial score (nSPS) is 30.6. The van der Waals surface area contributed by atoms with Gasteiger partial charge in [0.2, 0.25) is 11.8 Å². The molecule has 2 aliphatic carbocycles. The van der Waals surface area contributed by atoms with Gasteiger partial charge in [-0.2, -0.15) is 0 Å². The summed E-state index contributed by atoms with van der Waals surface area (Å²) in [6.07, 6.45) is -1.80. The second kappa shape index (κ2) is 2.70. The number of carbonyl (C=O) groups is 1. The molecule has 1 nitrogen and oxygen atoms in total. The number of Topliss-reactive ketones (excluding diaryl/α,β-unsaturated/α-hetero) is 1. The lowest BCUT2D eigenvalue weighted by atomic mass is 9.68. The number of ketones is 1. The first kappa shape index (κ1) is 9.93. The van der Waals surface area contributed by atoms with Crippen LogP contribution in [0.4, 0.5) is 17.6 Å². The molecule has 0 aromatic heterocycles. The molecular formula is C9H10F4O. The Morgan fingerprint density at radius 1 is 0.857 bits per heavy atom. The third-order valence-electron chi connectivity index (χ3n) is 2.98. The van der Waals surface area contributed by atoms with E-state index >= 15 is 0 Å². The third-order valence-corrected chi connectivity index (χ3v) is 2.98. The van der Waals surface area contributed by atoms with Crippen LogP contribution >= 0.6 is 0 Å². The molecule has 0 amide bonds. The van der Waals surface area contributed by atoms with Crippen LogP contribution < -0.4 is 0 Å². The molecule has 0 bridgehead atoms. The van der Waals surface area contributed by atoms with E-state index in [2.05, 4.69) is 0 Å². The zero-order chi connectivity index (χ0) is 10.6. The van der Waals surface area contributed by atoms with E-state index in [1.807, 2.05) is 0 Å². The zero-order valence-corrected chi connectivity index (χ0v) is 7.40. The summed E-state index contributed by atoms with van der Waals surface area (Å²) in [6.45, 7) is 0. The molecule has 0 atom stereocenters. The smallest absolute Gasteiger partial charge is 0.249 e. The van der Waals surface area contributed by atoms with E-state index in [4.69, 9.17) is 0 Å². The quantitative estimate of drug-likeness (QED) is 0.640. The van der Waals surface area contributed by atoms with Gasteiger partial charge in [-0.25, -0.2) is 17.6 Å². The van der Waals surface area contributed by atoms with Crippen LogP contribution in [-0.4, -0.2) is 17.6 Å². The molecule has 14 heavy (non-hydrogen) atoms. The first-order valence-electron chi connectivity index (χ1n) is 4.58. The van der Waals surface area contributed by atoms with Gasteiger partial charge < -0.3 is 0 Å². The highest BCUT2D eigenvalue weighted by Gasteiger charge is 2.55. The highest BCUT2D eigenvalue weighted by Crippen LogP contribution is 2.49. The van der Waals surface area contributed by atoms with E-state index in [9.17, 15) is 22.4 Å². The average molecular weight is 210 g/mol. The minimum Gasteiger partial charge on any atom is -0.299 e. The second-order valence-electron chi connectivity index (χ2n) is 4.32. The average Bonchev–Trinajstić information content (AvgIpc) is 1.93. The monoisotopic (exact) mass is 210 g/mol. The molecular weight excluding hydrogens is 200 g/mol. The maximum Gasteiger partial charge on any atom is 0.249 e. The van der Waals surface area contributed by atoms with Crippen LogP contribution in [0.2, 0.25) is 0 Å². The van der Waals surface area contributed by atoms with Crippen molar-refractivity contribution in [2.24, 2.45) is 11.8 Å². The Morgan fingerprint density at radius 3 is 1.36 bits per heavy atom. The van der Waals surface area contributed by atoms with E-state index in [-0.39, 0.29) is 5.78 Å². The molecule has 0 saturated heterocycles. The van der Waals surface area contributed by atoms with Crippen LogP contribution in [0.1, 0.15) is 25.7 Å². The molecule has 2 fully saturated rings. The third kappa shape index (κ3) is 1.64. The molecule has 0 heterocycles. The van der Waals surface area contributed by atoms with Crippen molar-refractivity contribution < 1.29 is 22.4 Å². The first-order chi connectivity index (χ1) is 6.29. The first-order valence-corrected chi connectivity index (χ1v) is 4.58. The molecule has 0 aliphatic heterocycles. The van der Waals surface area contributed by atoms with Crippen LogP contribution in [0.25, 0.3) is 0 Å². The highest BCUT2D eigenvalue weighted by molar-refractivity contribution is 5.85.